The Labute approximate surface area is 120 Å². The number of rotatable bonds is 5. The third kappa shape index (κ3) is 3.37. The molecule has 0 saturated heterocycles. The lowest BCUT2D eigenvalue weighted by atomic mass is 10.1. The molecule has 0 unspecified atom stereocenters. The molecule has 0 atom stereocenters. The first-order chi connectivity index (χ1) is 8.70. The number of benzene rings is 1. The van der Waals surface area contributed by atoms with Gasteiger partial charge in [0, 0.05) is 16.6 Å². The molecule has 0 saturated carbocycles. The summed E-state index contributed by atoms with van der Waals surface area (Å²) < 4.78 is 1.13. The van der Waals surface area contributed by atoms with Crippen molar-refractivity contribution >= 4 is 27.3 Å². The van der Waals surface area contributed by atoms with Crippen molar-refractivity contribution in [2.24, 2.45) is 0 Å². The van der Waals surface area contributed by atoms with Crippen LogP contribution in [0.15, 0.2) is 22.7 Å². The van der Waals surface area contributed by atoms with E-state index < -0.39 is 0 Å². The van der Waals surface area contributed by atoms with E-state index in [-0.39, 0.29) is 0 Å². The Morgan fingerprint density at radius 2 is 2.17 bits per heavy atom. The summed E-state index contributed by atoms with van der Waals surface area (Å²) in [5, 5.41) is 13.8. The molecule has 2 rings (SSSR count). The standard InChI is InChI=1S/C13H16BrN3S/c1-3-6-15-8-12-16-17-13(18-12)10-4-5-11(14)9(2)7-10/h4-5,7,15H,3,6,8H2,1-2H3. The van der Waals surface area contributed by atoms with Crippen LogP contribution in [0.3, 0.4) is 0 Å². The zero-order valence-corrected chi connectivity index (χ0v) is 12.9. The Bertz CT molecular complexity index is 525. The van der Waals surface area contributed by atoms with E-state index in [9.17, 15) is 0 Å². The second-order valence-electron chi connectivity index (χ2n) is 4.14. The average molecular weight is 326 g/mol. The van der Waals surface area contributed by atoms with E-state index in [4.69, 9.17) is 0 Å². The van der Waals surface area contributed by atoms with Crippen LogP contribution in [-0.4, -0.2) is 16.7 Å². The van der Waals surface area contributed by atoms with Gasteiger partial charge in [-0.25, -0.2) is 0 Å². The highest BCUT2D eigenvalue weighted by Crippen LogP contribution is 2.27. The average Bonchev–Trinajstić information content (AvgIpc) is 2.82. The number of halogens is 1. The van der Waals surface area contributed by atoms with E-state index in [0.29, 0.717) is 0 Å². The van der Waals surface area contributed by atoms with E-state index in [0.717, 1.165) is 39.6 Å². The van der Waals surface area contributed by atoms with Gasteiger partial charge in [0.05, 0.1) is 0 Å². The maximum absolute atomic E-state index is 4.25. The molecule has 1 heterocycles. The minimum absolute atomic E-state index is 0.807. The van der Waals surface area contributed by atoms with E-state index in [1.807, 2.05) is 0 Å². The largest absolute Gasteiger partial charge is 0.310 e. The molecule has 1 N–H and O–H groups in total. The van der Waals surface area contributed by atoms with Crippen molar-refractivity contribution in [2.75, 3.05) is 6.54 Å². The molecule has 2 aromatic rings. The molecular weight excluding hydrogens is 310 g/mol. The number of aromatic nitrogens is 2. The maximum atomic E-state index is 4.25. The third-order valence-corrected chi connectivity index (χ3v) is 4.44. The fourth-order valence-electron chi connectivity index (χ4n) is 1.59. The van der Waals surface area contributed by atoms with Crippen LogP contribution < -0.4 is 5.32 Å². The van der Waals surface area contributed by atoms with E-state index in [2.05, 4.69) is 63.5 Å². The first-order valence-electron chi connectivity index (χ1n) is 6.00. The van der Waals surface area contributed by atoms with Gasteiger partial charge in [0.15, 0.2) is 0 Å². The Balaban J connectivity index is 2.11. The zero-order chi connectivity index (χ0) is 13.0. The first-order valence-corrected chi connectivity index (χ1v) is 7.61. The Morgan fingerprint density at radius 3 is 2.89 bits per heavy atom. The summed E-state index contributed by atoms with van der Waals surface area (Å²) in [6.07, 6.45) is 1.14. The van der Waals surface area contributed by atoms with Crippen molar-refractivity contribution in [2.45, 2.75) is 26.8 Å². The molecule has 0 aliphatic rings. The fourth-order valence-corrected chi connectivity index (χ4v) is 2.64. The van der Waals surface area contributed by atoms with Crippen molar-refractivity contribution in [3.05, 3.63) is 33.2 Å². The molecule has 0 radical (unpaired) electrons. The minimum atomic E-state index is 0.807. The van der Waals surface area contributed by atoms with Crippen LogP contribution in [0.4, 0.5) is 0 Å². The molecule has 5 heteroatoms. The molecule has 3 nitrogen and oxygen atoms in total. The van der Waals surface area contributed by atoms with Crippen molar-refractivity contribution in [3.8, 4) is 10.6 Å². The number of hydrogen-bond donors (Lipinski definition) is 1. The van der Waals surface area contributed by atoms with Crippen LogP contribution in [-0.2, 0) is 6.54 Å². The molecule has 18 heavy (non-hydrogen) atoms. The number of nitrogens with one attached hydrogen (secondary N) is 1. The van der Waals surface area contributed by atoms with Crippen LogP contribution in [0.25, 0.3) is 10.6 Å². The second kappa shape index (κ2) is 6.41. The summed E-state index contributed by atoms with van der Waals surface area (Å²) in [5.41, 5.74) is 2.35. The molecule has 1 aromatic carbocycles. The van der Waals surface area contributed by atoms with Gasteiger partial charge in [-0.15, -0.1) is 10.2 Å². The SMILES string of the molecule is CCCNCc1nnc(-c2ccc(Br)c(C)c2)s1. The van der Waals surface area contributed by atoms with Gasteiger partial charge in [-0.2, -0.15) is 0 Å². The van der Waals surface area contributed by atoms with Crippen molar-refractivity contribution in [1.29, 1.82) is 0 Å². The van der Waals surface area contributed by atoms with Gasteiger partial charge in [0.1, 0.15) is 10.0 Å². The highest BCUT2D eigenvalue weighted by molar-refractivity contribution is 9.10. The first kappa shape index (κ1) is 13.6. The smallest absolute Gasteiger partial charge is 0.147 e. The summed E-state index contributed by atoms with van der Waals surface area (Å²) in [6.45, 7) is 6.06. The fraction of sp³-hybridized carbons (Fsp3) is 0.385. The van der Waals surface area contributed by atoms with Crippen molar-refractivity contribution in [3.63, 3.8) is 0 Å². The van der Waals surface area contributed by atoms with E-state index in [1.54, 1.807) is 11.3 Å². The lowest BCUT2D eigenvalue weighted by Gasteiger charge is -2.00. The van der Waals surface area contributed by atoms with Crippen LogP contribution in [0.1, 0.15) is 23.9 Å². The van der Waals surface area contributed by atoms with E-state index >= 15 is 0 Å². The van der Waals surface area contributed by atoms with Crippen molar-refractivity contribution in [1.82, 2.24) is 15.5 Å². The topological polar surface area (TPSA) is 37.8 Å². The summed E-state index contributed by atoms with van der Waals surface area (Å²) in [4.78, 5) is 0. The van der Waals surface area contributed by atoms with Crippen LogP contribution in [0.5, 0.6) is 0 Å². The van der Waals surface area contributed by atoms with Gasteiger partial charge < -0.3 is 5.32 Å². The molecule has 0 spiro atoms. The van der Waals surface area contributed by atoms with Gasteiger partial charge in [0.25, 0.3) is 0 Å². The highest BCUT2D eigenvalue weighted by atomic mass is 79.9. The summed E-state index contributed by atoms with van der Waals surface area (Å²) in [6, 6.07) is 6.26. The summed E-state index contributed by atoms with van der Waals surface area (Å²) >= 11 is 5.16. The van der Waals surface area contributed by atoms with Gasteiger partial charge in [-0.3, -0.25) is 0 Å². The van der Waals surface area contributed by atoms with Crippen molar-refractivity contribution < 1.29 is 0 Å². The predicted octanol–water partition coefficient (Wildman–Crippen LogP) is 3.78. The van der Waals surface area contributed by atoms with E-state index in [1.165, 1.54) is 5.56 Å². The Morgan fingerprint density at radius 1 is 1.33 bits per heavy atom. The Hall–Kier alpha value is -0.780. The monoisotopic (exact) mass is 325 g/mol. The van der Waals surface area contributed by atoms with Gasteiger partial charge in [-0.05, 0) is 37.6 Å². The van der Waals surface area contributed by atoms with Gasteiger partial charge >= 0.3 is 0 Å². The van der Waals surface area contributed by atoms with Crippen LogP contribution >= 0.6 is 27.3 Å². The number of aryl methyl sites for hydroxylation is 1. The maximum Gasteiger partial charge on any atom is 0.147 e. The molecule has 0 amide bonds. The zero-order valence-electron chi connectivity index (χ0n) is 10.5. The number of hydrogen-bond acceptors (Lipinski definition) is 4. The van der Waals surface area contributed by atoms with Gasteiger partial charge in [-0.1, -0.05) is 40.3 Å². The summed E-state index contributed by atoms with van der Waals surface area (Å²) in [7, 11) is 0. The normalized spacial score (nSPS) is 10.8. The molecule has 0 aliphatic carbocycles. The lowest BCUT2D eigenvalue weighted by molar-refractivity contribution is 0.668. The highest BCUT2D eigenvalue weighted by Gasteiger charge is 2.07. The van der Waals surface area contributed by atoms with Crippen LogP contribution in [0, 0.1) is 6.92 Å². The van der Waals surface area contributed by atoms with Crippen LogP contribution in [0.2, 0.25) is 0 Å². The quantitative estimate of drug-likeness (QED) is 0.850. The second-order valence-corrected chi connectivity index (χ2v) is 6.06. The van der Waals surface area contributed by atoms with Gasteiger partial charge in [0.2, 0.25) is 0 Å². The molecule has 0 fully saturated rings. The number of nitrogens with zero attached hydrogens (tertiary/aromatic N) is 2. The Kier molecular flexibility index (Phi) is 4.86. The molecule has 1 aromatic heterocycles. The third-order valence-electron chi connectivity index (χ3n) is 2.57. The lowest BCUT2D eigenvalue weighted by Crippen LogP contribution is -2.13. The molecule has 0 bridgehead atoms. The minimum Gasteiger partial charge on any atom is -0.310 e. The summed E-state index contributed by atoms with van der Waals surface area (Å²) in [5.74, 6) is 0. The predicted molar refractivity (Wildman–Crippen MR) is 79.8 cm³/mol. The molecule has 96 valence electrons. The molecule has 0 aliphatic heterocycles. The molecular formula is C13H16BrN3S.